The summed E-state index contributed by atoms with van der Waals surface area (Å²) in [7, 11) is 0. The van der Waals surface area contributed by atoms with Gasteiger partial charge < -0.3 is 5.32 Å². The lowest BCUT2D eigenvalue weighted by Gasteiger charge is -2.07. The minimum atomic E-state index is -0.563. The number of hydrogen-bond donors (Lipinski definition) is 2. The Labute approximate surface area is 141 Å². The van der Waals surface area contributed by atoms with Crippen molar-refractivity contribution in [2.45, 2.75) is 31.5 Å². The molecule has 0 spiro atoms. The van der Waals surface area contributed by atoms with E-state index in [9.17, 15) is 14.0 Å². The number of carbonyl (C=O) groups excluding carboxylic acids is 1. The SMILES string of the molecule is CCCCn1c(SCC(=O)Nc2cc(Cl)ccc2F)n[nH]c1=O. The van der Waals surface area contributed by atoms with Crippen LogP contribution in [0, 0.1) is 5.82 Å². The van der Waals surface area contributed by atoms with Crippen molar-refractivity contribution in [1.29, 1.82) is 0 Å². The minimum absolute atomic E-state index is 0.00235. The number of hydrogen-bond acceptors (Lipinski definition) is 4. The lowest BCUT2D eigenvalue weighted by atomic mass is 10.3. The third-order valence-electron chi connectivity index (χ3n) is 2.99. The summed E-state index contributed by atoms with van der Waals surface area (Å²) in [5.41, 5.74) is -0.282. The standard InChI is InChI=1S/C14H16ClFN4O2S/c1-2-3-6-20-13(22)18-19-14(20)23-8-12(21)17-11-7-9(15)4-5-10(11)16/h4-5,7H,2-3,6,8H2,1H3,(H,17,21)(H,18,22). The lowest BCUT2D eigenvalue weighted by molar-refractivity contribution is -0.113. The van der Waals surface area contributed by atoms with Crippen molar-refractivity contribution < 1.29 is 9.18 Å². The number of thioether (sulfide) groups is 1. The van der Waals surface area contributed by atoms with Gasteiger partial charge in [0.15, 0.2) is 5.16 Å². The number of aromatic amines is 1. The fourth-order valence-corrected chi connectivity index (χ4v) is 2.78. The number of nitrogens with zero attached hydrogens (tertiary/aromatic N) is 2. The first-order chi connectivity index (χ1) is 11.0. The van der Waals surface area contributed by atoms with E-state index in [-0.39, 0.29) is 17.1 Å². The van der Waals surface area contributed by atoms with Crippen molar-refractivity contribution in [3.63, 3.8) is 0 Å². The summed E-state index contributed by atoms with van der Waals surface area (Å²) in [4.78, 5) is 23.5. The number of carbonyl (C=O) groups is 1. The summed E-state index contributed by atoms with van der Waals surface area (Å²) in [6.45, 7) is 2.56. The van der Waals surface area contributed by atoms with Gasteiger partial charge in [0.05, 0.1) is 11.4 Å². The fourth-order valence-electron chi connectivity index (χ4n) is 1.84. The van der Waals surface area contributed by atoms with Crippen molar-refractivity contribution in [2.24, 2.45) is 0 Å². The number of H-pyrrole nitrogens is 1. The molecule has 0 aliphatic rings. The average molecular weight is 359 g/mol. The van der Waals surface area contributed by atoms with E-state index >= 15 is 0 Å². The molecule has 0 fully saturated rings. The summed E-state index contributed by atoms with van der Waals surface area (Å²) >= 11 is 6.88. The van der Waals surface area contributed by atoms with E-state index in [1.54, 1.807) is 0 Å². The molecule has 0 saturated carbocycles. The van der Waals surface area contributed by atoms with Crippen LogP contribution in [0.2, 0.25) is 5.02 Å². The number of benzene rings is 1. The maximum Gasteiger partial charge on any atom is 0.343 e. The Balaban J connectivity index is 1.97. The second kappa shape index (κ2) is 8.16. The summed E-state index contributed by atoms with van der Waals surface area (Å²) < 4.78 is 15.0. The van der Waals surface area contributed by atoms with Gasteiger partial charge in [-0.3, -0.25) is 9.36 Å². The van der Waals surface area contributed by atoms with Crippen LogP contribution in [0.3, 0.4) is 0 Å². The number of unbranched alkanes of at least 4 members (excludes halogenated alkanes) is 1. The first-order valence-corrected chi connectivity index (χ1v) is 8.40. The third kappa shape index (κ3) is 4.84. The molecule has 1 amide bonds. The molecule has 1 aromatic carbocycles. The molecule has 23 heavy (non-hydrogen) atoms. The molecule has 1 aromatic heterocycles. The molecule has 0 saturated heterocycles. The highest BCUT2D eigenvalue weighted by Gasteiger charge is 2.12. The summed E-state index contributed by atoms with van der Waals surface area (Å²) in [6.07, 6.45) is 1.78. The highest BCUT2D eigenvalue weighted by Crippen LogP contribution is 2.20. The zero-order valence-corrected chi connectivity index (χ0v) is 14.0. The minimum Gasteiger partial charge on any atom is -0.323 e. The molecule has 124 valence electrons. The molecular weight excluding hydrogens is 343 g/mol. The first kappa shape index (κ1) is 17.6. The second-order valence-corrected chi connectivity index (χ2v) is 6.16. The van der Waals surface area contributed by atoms with Gasteiger partial charge in [-0.2, -0.15) is 0 Å². The van der Waals surface area contributed by atoms with Crippen molar-refractivity contribution in [2.75, 3.05) is 11.1 Å². The zero-order valence-electron chi connectivity index (χ0n) is 12.4. The molecule has 9 heteroatoms. The number of amides is 1. The van der Waals surface area contributed by atoms with Crippen LogP contribution < -0.4 is 11.0 Å². The Morgan fingerprint density at radius 1 is 1.52 bits per heavy atom. The molecule has 6 nitrogen and oxygen atoms in total. The van der Waals surface area contributed by atoms with E-state index in [0.717, 1.165) is 24.6 Å². The molecule has 0 aliphatic carbocycles. The van der Waals surface area contributed by atoms with Gasteiger partial charge in [-0.1, -0.05) is 36.7 Å². The fraction of sp³-hybridized carbons (Fsp3) is 0.357. The second-order valence-electron chi connectivity index (χ2n) is 4.78. The maximum atomic E-state index is 13.6. The van der Waals surface area contributed by atoms with Gasteiger partial charge in [0, 0.05) is 11.6 Å². The van der Waals surface area contributed by atoms with Gasteiger partial charge in [0.25, 0.3) is 0 Å². The Hall–Kier alpha value is -1.80. The normalized spacial score (nSPS) is 10.7. The van der Waals surface area contributed by atoms with Crippen molar-refractivity contribution in [1.82, 2.24) is 14.8 Å². The van der Waals surface area contributed by atoms with E-state index in [2.05, 4.69) is 15.5 Å². The average Bonchev–Trinajstić information content (AvgIpc) is 2.87. The Morgan fingerprint density at radius 3 is 3.04 bits per heavy atom. The van der Waals surface area contributed by atoms with E-state index in [1.165, 1.54) is 22.8 Å². The maximum absolute atomic E-state index is 13.6. The van der Waals surface area contributed by atoms with Gasteiger partial charge in [-0.15, -0.1) is 5.10 Å². The number of halogens is 2. The number of nitrogens with one attached hydrogen (secondary N) is 2. The smallest absolute Gasteiger partial charge is 0.323 e. The largest absolute Gasteiger partial charge is 0.343 e. The molecule has 0 unspecified atom stereocenters. The Bertz CT molecular complexity index is 747. The zero-order chi connectivity index (χ0) is 16.8. The van der Waals surface area contributed by atoms with E-state index < -0.39 is 11.7 Å². The highest BCUT2D eigenvalue weighted by atomic mass is 35.5. The van der Waals surface area contributed by atoms with Crippen LogP contribution in [0.15, 0.2) is 28.2 Å². The Kier molecular flexibility index (Phi) is 6.23. The van der Waals surface area contributed by atoms with Crippen molar-refractivity contribution in [3.8, 4) is 0 Å². The Morgan fingerprint density at radius 2 is 2.30 bits per heavy atom. The monoisotopic (exact) mass is 358 g/mol. The number of aromatic nitrogens is 3. The quantitative estimate of drug-likeness (QED) is 0.746. The van der Waals surface area contributed by atoms with Crippen LogP contribution in [-0.4, -0.2) is 26.4 Å². The van der Waals surface area contributed by atoms with E-state index in [1.807, 2.05) is 6.92 Å². The molecule has 0 aliphatic heterocycles. The molecule has 0 radical (unpaired) electrons. The van der Waals surface area contributed by atoms with E-state index in [4.69, 9.17) is 11.6 Å². The molecule has 0 bridgehead atoms. The number of rotatable bonds is 7. The molecule has 1 heterocycles. The molecule has 2 rings (SSSR count). The van der Waals surface area contributed by atoms with E-state index in [0.29, 0.717) is 16.7 Å². The first-order valence-electron chi connectivity index (χ1n) is 7.04. The molecule has 0 atom stereocenters. The van der Waals surface area contributed by atoms with Crippen molar-refractivity contribution >= 4 is 35.0 Å². The van der Waals surface area contributed by atoms with Gasteiger partial charge >= 0.3 is 5.69 Å². The molecule has 2 aromatic rings. The van der Waals surface area contributed by atoms with Gasteiger partial charge in [-0.25, -0.2) is 14.3 Å². The van der Waals surface area contributed by atoms with Gasteiger partial charge in [0.1, 0.15) is 5.82 Å². The highest BCUT2D eigenvalue weighted by molar-refractivity contribution is 7.99. The molecular formula is C14H16ClFN4O2S. The summed E-state index contributed by atoms with van der Waals surface area (Å²) in [6, 6.07) is 3.92. The van der Waals surface area contributed by atoms with Crippen LogP contribution in [0.5, 0.6) is 0 Å². The van der Waals surface area contributed by atoms with Crippen LogP contribution in [0.25, 0.3) is 0 Å². The predicted molar refractivity (Wildman–Crippen MR) is 88.5 cm³/mol. The molecule has 2 N–H and O–H groups in total. The van der Waals surface area contributed by atoms with Gasteiger partial charge in [-0.05, 0) is 24.6 Å². The summed E-state index contributed by atoms with van der Waals surface area (Å²) in [5, 5.41) is 9.47. The van der Waals surface area contributed by atoms with Crippen LogP contribution >= 0.6 is 23.4 Å². The van der Waals surface area contributed by atoms with Crippen LogP contribution in [0.4, 0.5) is 10.1 Å². The summed E-state index contributed by atoms with van der Waals surface area (Å²) in [5.74, 6) is -0.969. The third-order valence-corrected chi connectivity index (χ3v) is 4.20. The number of anilines is 1. The lowest BCUT2D eigenvalue weighted by Crippen LogP contribution is -2.19. The predicted octanol–water partition coefficient (Wildman–Crippen LogP) is 2.89. The van der Waals surface area contributed by atoms with Crippen LogP contribution in [-0.2, 0) is 11.3 Å². The van der Waals surface area contributed by atoms with Crippen LogP contribution in [0.1, 0.15) is 19.8 Å². The topological polar surface area (TPSA) is 79.8 Å². The van der Waals surface area contributed by atoms with Crippen molar-refractivity contribution in [3.05, 3.63) is 39.5 Å². The van der Waals surface area contributed by atoms with Gasteiger partial charge in [0.2, 0.25) is 5.91 Å².